The van der Waals surface area contributed by atoms with Crippen molar-refractivity contribution in [2.75, 3.05) is 19.7 Å². The molecule has 1 aliphatic heterocycles. The summed E-state index contributed by atoms with van der Waals surface area (Å²) < 4.78 is 5.55. The van der Waals surface area contributed by atoms with E-state index in [1.807, 2.05) is 18.2 Å². The van der Waals surface area contributed by atoms with Crippen LogP contribution >= 0.6 is 0 Å². The number of ether oxygens (including phenoxy) is 1. The molecule has 5 nitrogen and oxygen atoms in total. The second kappa shape index (κ2) is 5.34. The van der Waals surface area contributed by atoms with Gasteiger partial charge in [-0.3, -0.25) is 9.69 Å². The molecule has 0 saturated carbocycles. The molecule has 1 saturated heterocycles. The van der Waals surface area contributed by atoms with E-state index >= 15 is 0 Å². The summed E-state index contributed by atoms with van der Waals surface area (Å²) in [6.45, 7) is 6.59. The van der Waals surface area contributed by atoms with Crippen LogP contribution in [-0.4, -0.2) is 40.7 Å². The number of nitrogens with zero attached hydrogens (tertiary/aromatic N) is 2. The standard InChI is InChI=1S/C15H19N3O2/c1-10-9-18(7-8-20-10)11(2)14-16-13-6-4-3-5-12(13)15(19)17-14/h3-6,10-11H,7-9H2,1-2H3,(H,16,17,19)/t10-,11-/m1/s1. The molecule has 20 heavy (non-hydrogen) atoms. The highest BCUT2D eigenvalue weighted by Gasteiger charge is 2.24. The molecular weight excluding hydrogens is 254 g/mol. The fraction of sp³-hybridized carbons (Fsp3) is 0.467. The Morgan fingerprint density at radius 1 is 1.45 bits per heavy atom. The predicted molar refractivity (Wildman–Crippen MR) is 77.8 cm³/mol. The summed E-state index contributed by atoms with van der Waals surface area (Å²) in [5.41, 5.74) is 0.679. The van der Waals surface area contributed by atoms with Gasteiger partial charge in [0.05, 0.1) is 29.7 Å². The van der Waals surface area contributed by atoms with Crippen molar-refractivity contribution < 1.29 is 4.74 Å². The molecule has 2 atom stereocenters. The smallest absolute Gasteiger partial charge is 0.258 e. The molecule has 5 heteroatoms. The summed E-state index contributed by atoms with van der Waals surface area (Å²) in [6.07, 6.45) is 0.221. The van der Waals surface area contributed by atoms with Crippen LogP contribution in [0.25, 0.3) is 10.9 Å². The van der Waals surface area contributed by atoms with Crippen molar-refractivity contribution in [3.05, 3.63) is 40.4 Å². The number of rotatable bonds is 2. The zero-order valence-electron chi connectivity index (χ0n) is 11.8. The molecule has 0 amide bonds. The Morgan fingerprint density at radius 3 is 3.05 bits per heavy atom. The fourth-order valence-electron chi connectivity index (χ4n) is 2.67. The highest BCUT2D eigenvalue weighted by molar-refractivity contribution is 5.77. The molecule has 1 aromatic carbocycles. The molecule has 106 valence electrons. The normalized spacial score (nSPS) is 22.0. The van der Waals surface area contributed by atoms with E-state index in [1.54, 1.807) is 6.07 Å². The van der Waals surface area contributed by atoms with Gasteiger partial charge in [0, 0.05) is 13.1 Å². The first-order chi connectivity index (χ1) is 9.65. The first-order valence-electron chi connectivity index (χ1n) is 7.00. The van der Waals surface area contributed by atoms with Crippen molar-refractivity contribution in [1.82, 2.24) is 14.9 Å². The van der Waals surface area contributed by atoms with E-state index in [1.165, 1.54) is 0 Å². The van der Waals surface area contributed by atoms with Crippen molar-refractivity contribution >= 4 is 10.9 Å². The number of aromatic amines is 1. The van der Waals surface area contributed by atoms with Gasteiger partial charge in [-0.05, 0) is 26.0 Å². The van der Waals surface area contributed by atoms with Crippen molar-refractivity contribution in [1.29, 1.82) is 0 Å². The monoisotopic (exact) mass is 273 g/mol. The summed E-state index contributed by atoms with van der Waals surface area (Å²) in [6, 6.07) is 7.51. The van der Waals surface area contributed by atoms with E-state index in [-0.39, 0.29) is 17.7 Å². The first-order valence-corrected chi connectivity index (χ1v) is 7.00. The molecule has 1 N–H and O–H groups in total. The summed E-state index contributed by atoms with van der Waals surface area (Å²) in [7, 11) is 0. The highest BCUT2D eigenvalue weighted by atomic mass is 16.5. The number of fused-ring (bicyclic) bond motifs is 1. The lowest BCUT2D eigenvalue weighted by molar-refractivity contribution is -0.0330. The van der Waals surface area contributed by atoms with E-state index in [9.17, 15) is 4.79 Å². The van der Waals surface area contributed by atoms with Gasteiger partial charge in [-0.1, -0.05) is 12.1 Å². The van der Waals surface area contributed by atoms with Gasteiger partial charge >= 0.3 is 0 Å². The highest BCUT2D eigenvalue weighted by Crippen LogP contribution is 2.20. The van der Waals surface area contributed by atoms with Crippen molar-refractivity contribution in [2.24, 2.45) is 0 Å². The fourth-order valence-corrected chi connectivity index (χ4v) is 2.67. The molecule has 3 rings (SSSR count). The molecule has 1 aromatic heterocycles. The quantitative estimate of drug-likeness (QED) is 0.905. The average Bonchev–Trinajstić information content (AvgIpc) is 2.46. The van der Waals surface area contributed by atoms with Crippen molar-refractivity contribution in [2.45, 2.75) is 26.0 Å². The van der Waals surface area contributed by atoms with Gasteiger partial charge in [0.1, 0.15) is 5.82 Å². The number of hydrogen-bond acceptors (Lipinski definition) is 4. The molecule has 2 aromatic rings. The zero-order chi connectivity index (χ0) is 14.1. The van der Waals surface area contributed by atoms with Crippen LogP contribution in [0.4, 0.5) is 0 Å². The minimum Gasteiger partial charge on any atom is -0.376 e. The van der Waals surface area contributed by atoms with Crippen LogP contribution in [0.3, 0.4) is 0 Å². The van der Waals surface area contributed by atoms with Gasteiger partial charge in [0.25, 0.3) is 5.56 Å². The number of hydrogen-bond donors (Lipinski definition) is 1. The Hall–Kier alpha value is -1.72. The topological polar surface area (TPSA) is 58.2 Å². The molecule has 2 heterocycles. The lowest BCUT2D eigenvalue weighted by Crippen LogP contribution is -2.43. The maximum Gasteiger partial charge on any atom is 0.258 e. The third-order valence-electron chi connectivity index (χ3n) is 3.85. The summed E-state index contributed by atoms with van der Waals surface area (Å²) in [4.78, 5) is 21.9. The summed E-state index contributed by atoms with van der Waals surface area (Å²) >= 11 is 0. The van der Waals surface area contributed by atoms with E-state index < -0.39 is 0 Å². The Labute approximate surface area is 117 Å². The van der Waals surface area contributed by atoms with Gasteiger partial charge < -0.3 is 9.72 Å². The number of nitrogens with one attached hydrogen (secondary N) is 1. The number of para-hydroxylation sites is 1. The predicted octanol–water partition coefficient (Wildman–Crippen LogP) is 1.70. The van der Waals surface area contributed by atoms with Crippen molar-refractivity contribution in [3.8, 4) is 0 Å². The minimum atomic E-state index is -0.0706. The second-order valence-electron chi connectivity index (χ2n) is 5.32. The second-order valence-corrected chi connectivity index (χ2v) is 5.32. The van der Waals surface area contributed by atoms with Crippen LogP contribution in [0.1, 0.15) is 25.7 Å². The lowest BCUT2D eigenvalue weighted by atomic mass is 10.2. The maximum absolute atomic E-state index is 12.1. The van der Waals surface area contributed by atoms with Gasteiger partial charge in [0.2, 0.25) is 0 Å². The minimum absolute atomic E-state index is 0.0706. The van der Waals surface area contributed by atoms with Gasteiger partial charge in [-0.25, -0.2) is 4.98 Å². The molecule has 1 fully saturated rings. The van der Waals surface area contributed by atoms with Crippen molar-refractivity contribution in [3.63, 3.8) is 0 Å². The molecule has 0 bridgehead atoms. The number of morpholine rings is 1. The molecular formula is C15H19N3O2. The Balaban J connectivity index is 1.95. The van der Waals surface area contributed by atoms with E-state index in [0.29, 0.717) is 5.39 Å². The number of benzene rings is 1. The molecule has 0 aliphatic carbocycles. The summed E-state index contributed by atoms with van der Waals surface area (Å²) in [5.74, 6) is 0.725. The van der Waals surface area contributed by atoms with Gasteiger partial charge in [-0.2, -0.15) is 0 Å². The van der Waals surface area contributed by atoms with Crippen LogP contribution in [0, 0.1) is 0 Å². The molecule has 1 aliphatic rings. The third-order valence-corrected chi connectivity index (χ3v) is 3.85. The Morgan fingerprint density at radius 2 is 2.25 bits per heavy atom. The van der Waals surface area contributed by atoms with E-state index in [0.717, 1.165) is 31.0 Å². The van der Waals surface area contributed by atoms with Crippen LogP contribution in [0.2, 0.25) is 0 Å². The van der Waals surface area contributed by atoms with Crippen LogP contribution < -0.4 is 5.56 Å². The maximum atomic E-state index is 12.1. The zero-order valence-corrected chi connectivity index (χ0v) is 11.8. The van der Waals surface area contributed by atoms with Gasteiger partial charge in [0.15, 0.2) is 0 Å². The summed E-state index contributed by atoms with van der Waals surface area (Å²) in [5, 5.41) is 0.638. The first kappa shape index (κ1) is 13.3. The number of aromatic nitrogens is 2. The Kier molecular flexibility index (Phi) is 3.54. The molecule has 0 radical (unpaired) electrons. The van der Waals surface area contributed by atoms with Crippen LogP contribution in [0.5, 0.6) is 0 Å². The molecule has 0 unspecified atom stereocenters. The van der Waals surface area contributed by atoms with Gasteiger partial charge in [-0.15, -0.1) is 0 Å². The van der Waals surface area contributed by atoms with E-state index in [2.05, 4.69) is 28.7 Å². The lowest BCUT2D eigenvalue weighted by Gasteiger charge is -2.34. The largest absolute Gasteiger partial charge is 0.376 e. The SMILES string of the molecule is C[C@@H]1CN([C@H](C)c2nc3ccccc3c(=O)[nH]2)CCO1. The third kappa shape index (κ3) is 2.46. The molecule has 0 spiro atoms. The van der Waals surface area contributed by atoms with Crippen LogP contribution in [-0.2, 0) is 4.74 Å². The number of H-pyrrole nitrogens is 1. The van der Waals surface area contributed by atoms with E-state index in [4.69, 9.17) is 4.74 Å². The average molecular weight is 273 g/mol. The van der Waals surface area contributed by atoms with Crippen LogP contribution in [0.15, 0.2) is 29.1 Å². The Bertz CT molecular complexity index is 667.